The number of hydrogen-bond donors (Lipinski definition) is 0. The molecule has 6 nitrogen and oxygen atoms in total. The van der Waals surface area contributed by atoms with E-state index in [0.29, 0.717) is 23.0 Å². The molecule has 11 aromatic rings. The Morgan fingerprint density at radius 3 is 1.48 bits per heavy atom. The minimum absolute atomic E-state index is 0.542. The van der Waals surface area contributed by atoms with Crippen LogP contribution in [0.2, 0.25) is 0 Å². The zero-order valence-electron chi connectivity index (χ0n) is 33.0. The second kappa shape index (κ2) is 14.1. The molecule has 282 valence electrons. The van der Waals surface area contributed by atoms with Crippen LogP contribution in [0.25, 0.3) is 100 Å². The largest absolute Gasteiger partial charge is 0.309 e. The van der Waals surface area contributed by atoms with E-state index in [0.717, 1.165) is 61.3 Å². The molecule has 0 N–H and O–H groups in total. The first-order valence-corrected chi connectivity index (χ1v) is 20.1. The maximum atomic E-state index is 10.9. The summed E-state index contributed by atoms with van der Waals surface area (Å²) in [6, 6.07) is 65.5. The zero-order valence-corrected chi connectivity index (χ0v) is 33.0. The van der Waals surface area contributed by atoms with E-state index in [1.807, 2.05) is 66.7 Å². The van der Waals surface area contributed by atoms with Gasteiger partial charge in [0.1, 0.15) is 0 Å². The van der Waals surface area contributed by atoms with E-state index < -0.39 is 0 Å². The monoisotopic (exact) mass is 768 g/mol. The number of aryl methyl sites for hydroxylation is 2. The van der Waals surface area contributed by atoms with E-state index in [1.54, 1.807) is 0 Å². The third kappa shape index (κ3) is 5.75. The number of nitrogens with zero attached hydrogens (tertiary/aromatic N) is 6. The van der Waals surface area contributed by atoms with E-state index in [4.69, 9.17) is 15.0 Å². The number of benzene rings is 8. The van der Waals surface area contributed by atoms with Crippen molar-refractivity contribution in [2.75, 3.05) is 0 Å². The van der Waals surface area contributed by atoms with Crippen LogP contribution in [-0.4, -0.2) is 24.1 Å². The van der Waals surface area contributed by atoms with Crippen LogP contribution in [0.1, 0.15) is 16.7 Å². The highest BCUT2D eigenvalue weighted by Gasteiger charge is 2.22. The highest BCUT2D eigenvalue weighted by Crippen LogP contribution is 2.41. The van der Waals surface area contributed by atoms with Crippen LogP contribution in [-0.2, 0) is 0 Å². The van der Waals surface area contributed by atoms with Gasteiger partial charge in [-0.05, 0) is 86.6 Å². The van der Waals surface area contributed by atoms with E-state index >= 15 is 0 Å². The highest BCUT2D eigenvalue weighted by atomic mass is 15.0. The fraction of sp³-hybridized carbons (Fsp3) is 0.0370. The fourth-order valence-corrected chi connectivity index (χ4v) is 8.73. The van der Waals surface area contributed by atoms with Crippen molar-refractivity contribution >= 4 is 43.6 Å². The summed E-state index contributed by atoms with van der Waals surface area (Å²) in [5, 5.41) is 15.6. The highest BCUT2D eigenvalue weighted by molar-refractivity contribution is 6.11. The lowest BCUT2D eigenvalue weighted by Crippen LogP contribution is -2.03. The number of rotatable bonds is 6. The molecule has 0 aliphatic carbocycles. The lowest BCUT2D eigenvalue weighted by molar-refractivity contribution is 1.07. The normalized spacial score (nSPS) is 11.5. The van der Waals surface area contributed by atoms with Crippen LogP contribution in [0.5, 0.6) is 0 Å². The van der Waals surface area contributed by atoms with Gasteiger partial charge in [0.2, 0.25) is 0 Å². The molecule has 0 amide bonds. The minimum Gasteiger partial charge on any atom is -0.309 e. The molecule has 0 atom stereocenters. The lowest BCUT2D eigenvalue weighted by atomic mass is 9.95. The lowest BCUT2D eigenvalue weighted by Gasteiger charge is -2.18. The van der Waals surface area contributed by atoms with Crippen molar-refractivity contribution in [2.24, 2.45) is 0 Å². The summed E-state index contributed by atoms with van der Waals surface area (Å²) in [5.41, 5.74) is 13.6. The van der Waals surface area contributed by atoms with Crippen molar-refractivity contribution in [3.8, 4) is 62.7 Å². The molecule has 0 saturated heterocycles. The molecule has 0 spiro atoms. The van der Waals surface area contributed by atoms with Crippen molar-refractivity contribution < 1.29 is 0 Å². The summed E-state index contributed by atoms with van der Waals surface area (Å²) in [6.45, 7) is 4.27. The fourth-order valence-electron chi connectivity index (χ4n) is 8.73. The molecule has 8 aromatic carbocycles. The average Bonchev–Trinajstić information content (AvgIpc) is 3.81. The van der Waals surface area contributed by atoms with Crippen molar-refractivity contribution in [1.82, 2.24) is 24.1 Å². The molecule has 0 fully saturated rings. The molecule has 0 aliphatic rings. The van der Waals surface area contributed by atoms with Crippen LogP contribution in [0, 0.1) is 25.2 Å². The molecule has 3 aromatic heterocycles. The van der Waals surface area contributed by atoms with Crippen molar-refractivity contribution in [3.63, 3.8) is 0 Å². The van der Waals surface area contributed by atoms with Gasteiger partial charge in [-0.3, -0.25) is 0 Å². The first-order chi connectivity index (χ1) is 29.5. The summed E-state index contributed by atoms with van der Waals surface area (Å²) in [4.78, 5) is 15.2. The smallest absolute Gasteiger partial charge is 0.164 e. The van der Waals surface area contributed by atoms with Gasteiger partial charge in [-0.2, -0.15) is 5.26 Å². The van der Waals surface area contributed by atoms with Crippen LogP contribution in [0.15, 0.2) is 182 Å². The van der Waals surface area contributed by atoms with Gasteiger partial charge in [-0.25, -0.2) is 15.0 Å². The summed E-state index contributed by atoms with van der Waals surface area (Å²) in [6.07, 6.45) is 0. The minimum atomic E-state index is 0.542. The maximum Gasteiger partial charge on any atom is 0.164 e. The van der Waals surface area contributed by atoms with Gasteiger partial charge in [0.05, 0.1) is 39.4 Å². The molecule has 60 heavy (non-hydrogen) atoms. The average molecular weight is 769 g/mol. The Morgan fingerprint density at radius 2 is 0.900 bits per heavy atom. The Hall–Kier alpha value is -8.14. The third-order valence-electron chi connectivity index (χ3n) is 11.5. The molecule has 0 aliphatic heterocycles. The summed E-state index contributed by atoms with van der Waals surface area (Å²) >= 11 is 0. The summed E-state index contributed by atoms with van der Waals surface area (Å²) in [7, 11) is 0. The van der Waals surface area contributed by atoms with E-state index in [1.165, 1.54) is 32.7 Å². The summed E-state index contributed by atoms with van der Waals surface area (Å²) < 4.78 is 4.64. The Kier molecular flexibility index (Phi) is 8.21. The van der Waals surface area contributed by atoms with Crippen molar-refractivity contribution in [1.29, 1.82) is 5.26 Å². The standard InChI is InChI=1S/C54H36N6/c1-34-21-26-49-44(29-34)41-17-9-11-19-47(41)59(49)40-25-23-39(33-55)43(32-40)46-31-38(24-28-51(46)60-48-20-12-10-18-42(48)45-30-35(2)22-27-50(45)60)54-57-52(36-13-5-3-6-14-36)56-53(58-54)37-15-7-4-8-16-37/h3-32H,1-2H3. The quantitative estimate of drug-likeness (QED) is 0.169. The Balaban J connectivity index is 1.21. The molecular weight excluding hydrogens is 733 g/mol. The number of aromatic nitrogens is 5. The molecule has 3 heterocycles. The molecular formula is C54H36N6. The van der Waals surface area contributed by atoms with Crippen LogP contribution in [0.3, 0.4) is 0 Å². The Bertz CT molecular complexity index is 3460. The van der Waals surface area contributed by atoms with E-state index in [-0.39, 0.29) is 0 Å². The number of nitriles is 1. The molecule has 0 saturated carbocycles. The zero-order chi connectivity index (χ0) is 40.3. The molecule has 0 unspecified atom stereocenters. The topological polar surface area (TPSA) is 72.3 Å². The van der Waals surface area contributed by atoms with Gasteiger partial charge in [-0.1, -0.05) is 120 Å². The number of hydrogen-bond acceptors (Lipinski definition) is 4. The first-order valence-electron chi connectivity index (χ1n) is 20.1. The van der Waals surface area contributed by atoms with Crippen molar-refractivity contribution in [3.05, 3.63) is 199 Å². The van der Waals surface area contributed by atoms with Crippen LogP contribution < -0.4 is 0 Å². The second-order valence-corrected chi connectivity index (χ2v) is 15.4. The van der Waals surface area contributed by atoms with Gasteiger partial charge < -0.3 is 9.13 Å². The number of fused-ring (bicyclic) bond motifs is 6. The SMILES string of the molecule is Cc1ccc2c(c1)c1ccccc1n2-c1ccc(C#N)c(-c2cc(-c3nc(-c4ccccc4)nc(-c4ccccc4)n3)ccc2-n2c3ccccc3c3cc(C)ccc32)c1. The third-order valence-corrected chi connectivity index (χ3v) is 11.5. The molecule has 0 radical (unpaired) electrons. The summed E-state index contributed by atoms with van der Waals surface area (Å²) in [5.74, 6) is 1.72. The predicted octanol–water partition coefficient (Wildman–Crippen LogP) is 13.2. The van der Waals surface area contributed by atoms with Gasteiger partial charge in [0.25, 0.3) is 0 Å². The van der Waals surface area contributed by atoms with Crippen molar-refractivity contribution in [2.45, 2.75) is 13.8 Å². The van der Waals surface area contributed by atoms with Gasteiger partial charge >= 0.3 is 0 Å². The predicted molar refractivity (Wildman–Crippen MR) is 244 cm³/mol. The van der Waals surface area contributed by atoms with Gasteiger partial charge in [0, 0.05) is 55.0 Å². The second-order valence-electron chi connectivity index (χ2n) is 15.4. The van der Waals surface area contributed by atoms with Gasteiger partial charge in [-0.15, -0.1) is 0 Å². The van der Waals surface area contributed by atoms with E-state index in [9.17, 15) is 5.26 Å². The van der Waals surface area contributed by atoms with Gasteiger partial charge in [0.15, 0.2) is 17.5 Å². The Labute approximate surface area is 346 Å². The maximum absolute atomic E-state index is 10.9. The molecule has 11 rings (SSSR count). The van der Waals surface area contributed by atoms with E-state index in [2.05, 4.69) is 144 Å². The van der Waals surface area contributed by atoms with Crippen LogP contribution >= 0.6 is 0 Å². The van der Waals surface area contributed by atoms with Crippen LogP contribution in [0.4, 0.5) is 0 Å². The first kappa shape index (κ1) is 35.1. The Morgan fingerprint density at radius 1 is 0.400 bits per heavy atom. The number of para-hydroxylation sites is 2. The molecule has 0 bridgehead atoms. The molecule has 6 heteroatoms.